The Morgan fingerprint density at radius 2 is 2.05 bits per heavy atom. The Morgan fingerprint density at radius 3 is 2.70 bits per heavy atom. The molecule has 3 rings (SSSR count). The summed E-state index contributed by atoms with van der Waals surface area (Å²) in [6.45, 7) is 5.19. The van der Waals surface area contributed by atoms with Gasteiger partial charge in [0.1, 0.15) is 11.3 Å². The molecule has 1 aliphatic carbocycles. The summed E-state index contributed by atoms with van der Waals surface area (Å²) in [7, 11) is 0. The Labute approximate surface area is 129 Å². The Hall–Kier alpha value is -0.700. The molecule has 1 aliphatic rings. The molecule has 0 spiro atoms. The molecule has 0 unspecified atom stereocenters. The molecule has 1 heterocycles. The van der Waals surface area contributed by atoms with Crippen LogP contribution in [0.15, 0.2) is 16.5 Å². The van der Waals surface area contributed by atoms with E-state index in [1.54, 1.807) is 6.07 Å². The van der Waals surface area contributed by atoms with E-state index in [4.69, 9.17) is 27.6 Å². The Balaban J connectivity index is 2.03. The van der Waals surface area contributed by atoms with Crippen molar-refractivity contribution in [3.05, 3.63) is 33.5 Å². The van der Waals surface area contributed by atoms with Gasteiger partial charge >= 0.3 is 0 Å². The zero-order valence-electron chi connectivity index (χ0n) is 11.8. The van der Waals surface area contributed by atoms with Gasteiger partial charge in [-0.25, -0.2) is 0 Å². The van der Waals surface area contributed by atoms with Gasteiger partial charge in [-0.2, -0.15) is 0 Å². The molecule has 1 saturated carbocycles. The summed E-state index contributed by atoms with van der Waals surface area (Å²) in [6, 6.07) is 4.31. The molecule has 0 atom stereocenters. The molecule has 1 aromatic carbocycles. The fourth-order valence-electron chi connectivity index (χ4n) is 2.55. The van der Waals surface area contributed by atoms with Crippen LogP contribution in [0.1, 0.15) is 38.0 Å². The molecule has 108 valence electrons. The van der Waals surface area contributed by atoms with Crippen LogP contribution in [0.5, 0.6) is 0 Å². The smallest absolute Gasteiger partial charge is 0.137 e. The van der Waals surface area contributed by atoms with E-state index in [0.29, 0.717) is 22.0 Å². The molecule has 20 heavy (non-hydrogen) atoms. The minimum absolute atomic E-state index is 0.558. The summed E-state index contributed by atoms with van der Waals surface area (Å²) in [5.74, 6) is 1.56. The summed E-state index contributed by atoms with van der Waals surface area (Å²) in [6.07, 6.45) is 3.51. The van der Waals surface area contributed by atoms with E-state index < -0.39 is 0 Å². The Bertz CT molecular complexity index is 629. The van der Waals surface area contributed by atoms with Crippen LogP contribution in [0, 0.1) is 5.92 Å². The zero-order valence-corrected chi connectivity index (χ0v) is 13.3. The van der Waals surface area contributed by atoms with E-state index in [1.165, 1.54) is 18.4 Å². The molecule has 4 heteroatoms. The third-order valence-electron chi connectivity index (χ3n) is 3.63. The normalized spacial score (nSPS) is 15.4. The van der Waals surface area contributed by atoms with E-state index in [1.807, 2.05) is 6.07 Å². The van der Waals surface area contributed by atoms with Crippen molar-refractivity contribution in [3.8, 4) is 0 Å². The van der Waals surface area contributed by atoms with Crippen LogP contribution in [0.25, 0.3) is 11.0 Å². The topological polar surface area (TPSA) is 25.2 Å². The Kier molecular flexibility index (Phi) is 3.98. The maximum Gasteiger partial charge on any atom is 0.137 e. The predicted molar refractivity (Wildman–Crippen MR) is 84.6 cm³/mol. The van der Waals surface area contributed by atoms with Gasteiger partial charge in [0.05, 0.1) is 11.6 Å². The molecule has 2 aromatic rings. The van der Waals surface area contributed by atoms with Crippen LogP contribution < -0.4 is 5.32 Å². The van der Waals surface area contributed by atoms with E-state index in [-0.39, 0.29) is 0 Å². The number of fused-ring (bicyclic) bond motifs is 1. The monoisotopic (exact) mass is 311 g/mol. The molecular weight excluding hydrogens is 293 g/mol. The number of hydrogen-bond donors (Lipinski definition) is 1. The predicted octanol–water partition coefficient (Wildman–Crippen LogP) is 5.19. The number of furan rings is 1. The lowest BCUT2D eigenvalue weighted by molar-refractivity contribution is 0.500. The van der Waals surface area contributed by atoms with Gasteiger partial charge in [0, 0.05) is 28.1 Å². The lowest BCUT2D eigenvalue weighted by Crippen LogP contribution is -2.16. The molecule has 0 saturated heterocycles. The summed E-state index contributed by atoms with van der Waals surface area (Å²) in [5, 5.41) is 5.84. The average Bonchev–Trinajstić information content (AvgIpc) is 3.10. The molecule has 1 aromatic heterocycles. The van der Waals surface area contributed by atoms with Gasteiger partial charge in [-0.05, 0) is 31.2 Å². The first-order valence-electron chi connectivity index (χ1n) is 7.17. The second kappa shape index (κ2) is 5.59. The lowest BCUT2D eigenvalue weighted by Gasteiger charge is -2.07. The van der Waals surface area contributed by atoms with E-state index in [0.717, 1.165) is 29.7 Å². The van der Waals surface area contributed by atoms with Crippen molar-refractivity contribution in [2.45, 2.75) is 45.7 Å². The number of halogens is 2. The second-order valence-corrected chi connectivity index (χ2v) is 6.86. The van der Waals surface area contributed by atoms with Crippen molar-refractivity contribution in [1.82, 2.24) is 5.32 Å². The van der Waals surface area contributed by atoms with E-state index in [9.17, 15) is 0 Å². The largest absolute Gasteiger partial charge is 0.459 e. The number of benzene rings is 1. The fraction of sp³-hybridized carbons (Fsp3) is 0.500. The fourth-order valence-corrected chi connectivity index (χ4v) is 3.14. The van der Waals surface area contributed by atoms with Gasteiger partial charge in [-0.1, -0.05) is 37.0 Å². The minimum atomic E-state index is 0.558. The van der Waals surface area contributed by atoms with Gasteiger partial charge in [-0.15, -0.1) is 0 Å². The molecule has 0 amide bonds. The second-order valence-electron chi connectivity index (χ2n) is 6.02. The molecule has 0 bridgehead atoms. The van der Waals surface area contributed by atoms with Gasteiger partial charge in [0.15, 0.2) is 0 Å². The summed E-state index contributed by atoms with van der Waals surface area (Å²) < 4.78 is 6.01. The zero-order chi connectivity index (χ0) is 14.3. The van der Waals surface area contributed by atoms with Gasteiger partial charge in [0.2, 0.25) is 0 Å². The first-order chi connectivity index (χ1) is 9.54. The van der Waals surface area contributed by atoms with Crippen molar-refractivity contribution >= 4 is 34.2 Å². The van der Waals surface area contributed by atoms with Crippen LogP contribution in [0.3, 0.4) is 0 Å². The van der Waals surface area contributed by atoms with Crippen molar-refractivity contribution in [1.29, 1.82) is 0 Å². The van der Waals surface area contributed by atoms with E-state index in [2.05, 4.69) is 19.2 Å². The highest BCUT2D eigenvalue weighted by Crippen LogP contribution is 2.36. The van der Waals surface area contributed by atoms with Gasteiger partial charge < -0.3 is 9.73 Å². The maximum atomic E-state index is 6.37. The SMILES string of the molecule is CC(C)Cc1c(CNC2CC2)oc2cc(Cl)cc(Cl)c12. The van der Waals surface area contributed by atoms with Gasteiger partial charge in [0.25, 0.3) is 0 Å². The third-order valence-corrected chi connectivity index (χ3v) is 4.15. The quantitative estimate of drug-likeness (QED) is 0.822. The van der Waals surface area contributed by atoms with Gasteiger partial charge in [-0.3, -0.25) is 0 Å². The summed E-state index contributed by atoms with van der Waals surface area (Å²) >= 11 is 12.4. The first-order valence-corrected chi connectivity index (χ1v) is 7.93. The molecule has 0 radical (unpaired) electrons. The van der Waals surface area contributed by atoms with Crippen LogP contribution in [-0.4, -0.2) is 6.04 Å². The molecule has 1 N–H and O–H groups in total. The van der Waals surface area contributed by atoms with Crippen molar-refractivity contribution in [3.63, 3.8) is 0 Å². The number of hydrogen-bond acceptors (Lipinski definition) is 2. The highest BCUT2D eigenvalue weighted by Gasteiger charge is 2.23. The molecule has 1 fully saturated rings. The van der Waals surface area contributed by atoms with Crippen molar-refractivity contribution < 1.29 is 4.42 Å². The first kappa shape index (κ1) is 14.2. The molecule has 0 aliphatic heterocycles. The maximum absolute atomic E-state index is 6.37. The molecule has 2 nitrogen and oxygen atoms in total. The standard InChI is InChI=1S/C16H19Cl2NO/c1-9(2)5-12-15(8-19-11-3-4-11)20-14-7-10(17)6-13(18)16(12)14/h6-7,9,11,19H,3-5,8H2,1-2H3. The van der Waals surface area contributed by atoms with Crippen LogP contribution >= 0.6 is 23.2 Å². The minimum Gasteiger partial charge on any atom is -0.459 e. The number of nitrogens with one attached hydrogen (secondary N) is 1. The Morgan fingerprint density at radius 1 is 1.30 bits per heavy atom. The third kappa shape index (κ3) is 2.98. The summed E-state index contributed by atoms with van der Waals surface area (Å²) in [5.41, 5.74) is 2.02. The average molecular weight is 312 g/mol. The number of rotatable bonds is 5. The van der Waals surface area contributed by atoms with E-state index >= 15 is 0 Å². The summed E-state index contributed by atoms with van der Waals surface area (Å²) in [4.78, 5) is 0. The highest BCUT2D eigenvalue weighted by atomic mass is 35.5. The van der Waals surface area contributed by atoms with Crippen molar-refractivity contribution in [2.24, 2.45) is 5.92 Å². The van der Waals surface area contributed by atoms with Crippen molar-refractivity contribution in [2.75, 3.05) is 0 Å². The van der Waals surface area contributed by atoms with Crippen LogP contribution in [-0.2, 0) is 13.0 Å². The van der Waals surface area contributed by atoms with Crippen LogP contribution in [0.4, 0.5) is 0 Å². The highest BCUT2D eigenvalue weighted by molar-refractivity contribution is 6.38. The lowest BCUT2D eigenvalue weighted by atomic mass is 9.99. The van der Waals surface area contributed by atoms with Crippen LogP contribution in [0.2, 0.25) is 10.0 Å². The molecular formula is C16H19Cl2NO.